The Morgan fingerprint density at radius 2 is 2.18 bits per heavy atom. The van der Waals surface area contributed by atoms with Crippen molar-refractivity contribution in [1.29, 1.82) is 0 Å². The van der Waals surface area contributed by atoms with Gasteiger partial charge in [-0.1, -0.05) is 38.2 Å². The number of nitrogens with zero attached hydrogens (tertiary/aromatic N) is 2. The van der Waals surface area contributed by atoms with Crippen LogP contribution in [-0.4, -0.2) is 23.7 Å². The number of hydrogen-bond acceptors (Lipinski definition) is 4. The van der Waals surface area contributed by atoms with Crippen molar-refractivity contribution >= 4 is 12.1 Å². The number of carbonyl (C=O) groups excluding carboxylic acids is 1. The largest absolute Gasteiger partial charge is 0.403 e. The lowest BCUT2D eigenvalue weighted by molar-refractivity contribution is 0.0968. The van der Waals surface area contributed by atoms with Crippen LogP contribution in [-0.2, 0) is 0 Å². The number of pyridine rings is 1. The maximum absolute atomic E-state index is 12.6. The topological polar surface area (TPSA) is 80.4 Å². The second kappa shape index (κ2) is 10.7. The van der Waals surface area contributed by atoms with Gasteiger partial charge in [0.15, 0.2) is 0 Å². The molecule has 1 amide bonds. The molecular weight excluding hydrogens is 348 g/mol. The Hall–Kier alpha value is -3.39. The van der Waals surface area contributed by atoms with Crippen LogP contribution in [0, 0.1) is 24.7 Å². The number of rotatable bonds is 6. The standard InChI is InChI=1S/C23H26N4O/c1-4-17(2)14-26-16-22(13-24)27-23(28)21-9-7-18(3)20(12-21)10-8-19-6-5-11-25-15-19/h5-7,9,11-13,15-17H,4,14,24H2,1-3H3,(H,27,28)/b22-13+,26-16?. The fourth-order valence-electron chi connectivity index (χ4n) is 2.25. The molecule has 144 valence electrons. The van der Waals surface area contributed by atoms with Gasteiger partial charge < -0.3 is 11.1 Å². The Morgan fingerprint density at radius 1 is 1.36 bits per heavy atom. The SMILES string of the molecule is CCC(C)CN=C/C(=C\N)NC(=O)c1ccc(C)c(C#Cc2cccnc2)c1. The van der Waals surface area contributed by atoms with E-state index in [-0.39, 0.29) is 5.91 Å². The van der Waals surface area contributed by atoms with Crippen LogP contribution in [0.3, 0.4) is 0 Å². The smallest absolute Gasteiger partial charge is 0.255 e. The van der Waals surface area contributed by atoms with Gasteiger partial charge in [0.05, 0.1) is 5.70 Å². The summed E-state index contributed by atoms with van der Waals surface area (Å²) < 4.78 is 0. The third kappa shape index (κ3) is 6.40. The second-order valence-corrected chi connectivity index (χ2v) is 6.61. The third-order valence-electron chi connectivity index (χ3n) is 4.28. The lowest BCUT2D eigenvalue weighted by atomic mass is 10.0. The number of benzene rings is 1. The molecule has 3 N–H and O–H groups in total. The van der Waals surface area contributed by atoms with Gasteiger partial charge in [-0.3, -0.25) is 14.8 Å². The number of aryl methyl sites for hydroxylation is 1. The predicted molar refractivity (Wildman–Crippen MR) is 114 cm³/mol. The average molecular weight is 374 g/mol. The van der Waals surface area contributed by atoms with Crippen LogP contribution in [0.25, 0.3) is 0 Å². The lowest BCUT2D eigenvalue weighted by Gasteiger charge is -2.08. The van der Waals surface area contributed by atoms with Gasteiger partial charge in [0.1, 0.15) is 0 Å². The molecule has 2 aromatic rings. The number of nitrogens with one attached hydrogen (secondary N) is 1. The Kier molecular flexibility index (Phi) is 7.98. The van der Waals surface area contributed by atoms with Gasteiger partial charge in [-0.25, -0.2) is 0 Å². The highest BCUT2D eigenvalue weighted by molar-refractivity contribution is 5.99. The van der Waals surface area contributed by atoms with Crippen molar-refractivity contribution in [3.8, 4) is 11.8 Å². The first-order valence-electron chi connectivity index (χ1n) is 9.29. The van der Waals surface area contributed by atoms with Gasteiger partial charge in [0.25, 0.3) is 5.91 Å². The van der Waals surface area contributed by atoms with Crippen molar-refractivity contribution in [3.05, 3.63) is 76.9 Å². The summed E-state index contributed by atoms with van der Waals surface area (Å²) in [6, 6.07) is 9.15. The van der Waals surface area contributed by atoms with Crippen LogP contribution in [0.15, 0.2) is 59.6 Å². The summed E-state index contributed by atoms with van der Waals surface area (Å²) in [5.74, 6) is 6.41. The molecule has 5 nitrogen and oxygen atoms in total. The van der Waals surface area contributed by atoms with E-state index in [1.165, 1.54) is 6.20 Å². The Balaban J connectivity index is 2.12. The van der Waals surface area contributed by atoms with Gasteiger partial charge in [0, 0.05) is 48.0 Å². The second-order valence-electron chi connectivity index (χ2n) is 6.61. The summed E-state index contributed by atoms with van der Waals surface area (Å²) in [7, 11) is 0. The van der Waals surface area contributed by atoms with E-state index in [0.29, 0.717) is 23.7 Å². The minimum Gasteiger partial charge on any atom is -0.403 e. The van der Waals surface area contributed by atoms with Crippen LogP contribution in [0.2, 0.25) is 0 Å². The number of allylic oxidation sites excluding steroid dienone is 1. The highest BCUT2D eigenvalue weighted by Gasteiger charge is 2.08. The fourth-order valence-corrected chi connectivity index (χ4v) is 2.25. The van der Waals surface area contributed by atoms with Gasteiger partial charge in [0.2, 0.25) is 0 Å². The van der Waals surface area contributed by atoms with Gasteiger partial charge in [-0.15, -0.1) is 0 Å². The van der Waals surface area contributed by atoms with Gasteiger partial charge in [-0.2, -0.15) is 0 Å². The van der Waals surface area contributed by atoms with E-state index in [2.05, 4.69) is 41.0 Å². The van der Waals surface area contributed by atoms with Crippen LogP contribution < -0.4 is 11.1 Å². The summed E-state index contributed by atoms with van der Waals surface area (Å²) in [5, 5.41) is 2.78. The molecule has 0 saturated heterocycles. The molecule has 1 aromatic heterocycles. The van der Waals surface area contributed by atoms with E-state index in [0.717, 1.165) is 23.1 Å². The number of amides is 1. The third-order valence-corrected chi connectivity index (χ3v) is 4.28. The zero-order valence-electron chi connectivity index (χ0n) is 16.6. The zero-order chi connectivity index (χ0) is 20.4. The van der Waals surface area contributed by atoms with E-state index in [9.17, 15) is 4.79 Å². The maximum Gasteiger partial charge on any atom is 0.255 e. The molecule has 0 radical (unpaired) electrons. The average Bonchev–Trinajstić information content (AvgIpc) is 2.72. The van der Waals surface area contributed by atoms with Crippen LogP contribution in [0.5, 0.6) is 0 Å². The monoisotopic (exact) mass is 374 g/mol. The molecule has 2 rings (SSSR count). The number of carbonyl (C=O) groups is 1. The van der Waals surface area contributed by atoms with Crippen LogP contribution in [0.4, 0.5) is 0 Å². The first-order valence-corrected chi connectivity index (χ1v) is 9.29. The Bertz CT molecular complexity index is 921. The predicted octanol–water partition coefficient (Wildman–Crippen LogP) is 3.44. The van der Waals surface area contributed by atoms with E-state index >= 15 is 0 Å². The molecule has 1 unspecified atom stereocenters. The molecule has 0 saturated carbocycles. The molecule has 1 aromatic carbocycles. The van der Waals surface area contributed by atoms with E-state index in [1.54, 1.807) is 30.7 Å². The normalized spacial score (nSPS) is 12.3. The van der Waals surface area contributed by atoms with Crippen molar-refractivity contribution in [1.82, 2.24) is 10.3 Å². The highest BCUT2D eigenvalue weighted by Crippen LogP contribution is 2.11. The van der Waals surface area contributed by atoms with Crippen molar-refractivity contribution in [3.63, 3.8) is 0 Å². The molecule has 1 heterocycles. The van der Waals surface area contributed by atoms with Crippen molar-refractivity contribution in [2.75, 3.05) is 6.54 Å². The molecule has 0 fully saturated rings. The van der Waals surface area contributed by atoms with Crippen molar-refractivity contribution in [2.45, 2.75) is 27.2 Å². The van der Waals surface area contributed by atoms with Gasteiger partial charge in [-0.05, 0) is 42.7 Å². The van der Waals surface area contributed by atoms with Crippen LogP contribution in [0.1, 0.15) is 47.3 Å². The molecule has 0 aliphatic heterocycles. The molecule has 0 spiro atoms. The molecule has 0 bridgehead atoms. The minimum atomic E-state index is -0.254. The first-order chi connectivity index (χ1) is 13.5. The molecule has 0 aliphatic rings. The summed E-state index contributed by atoms with van der Waals surface area (Å²) in [5.41, 5.74) is 9.21. The summed E-state index contributed by atoms with van der Waals surface area (Å²) in [4.78, 5) is 21.0. The zero-order valence-corrected chi connectivity index (χ0v) is 16.6. The molecule has 5 heteroatoms. The van der Waals surface area contributed by atoms with E-state index < -0.39 is 0 Å². The lowest BCUT2D eigenvalue weighted by Crippen LogP contribution is -2.24. The molecule has 28 heavy (non-hydrogen) atoms. The maximum atomic E-state index is 12.6. The Morgan fingerprint density at radius 3 is 2.86 bits per heavy atom. The number of hydrogen-bond donors (Lipinski definition) is 2. The van der Waals surface area contributed by atoms with E-state index in [1.807, 2.05) is 25.1 Å². The highest BCUT2D eigenvalue weighted by atomic mass is 16.1. The number of aromatic nitrogens is 1. The Labute approximate surface area is 166 Å². The summed E-state index contributed by atoms with van der Waals surface area (Å²) >= 11 is 0. The minimum absolute atomic E-state index is 0.254. The quantitative estimate of drug-likeness (QED) is 0.600. The molecule has 0 aliphatic carbocycles. The summed E-state index contributed by atoms with van der Waals surface area (Å²) in [6.45, 7) is 6.90. The summed E-state index contributed by atoms with van der Waals surface area (Å²) in [6.07, 6.45) is 7.40. The molecular formula is C23H26N4O. The number of aliphatic imine (C=N–C) groups is 1. The van der Waals surface area contributed by atoms with Crippen LogP contribution >= 0.6 is 0 Å². The molecule has 1 atom stereocenters. The fraction of sp³-hybridized carbons (Fsp3) is 0.261. The number of nitrogens with two attached hydrogens (primary N) is 1. The van der Waals surface area contributed by atoms with E-state index in [4.69, 9.17) is 5.73 Å². The first kappa shape index (κ1) is 20.9. The van der Waals surface area contributed by atoms with Crippen molar-refractivity contribution < 1.29 is 4.79 Å². The van der Waals surface area contributed by atoms with Gasteiger partial charge >= 0.3 is 0 Å². The van der Waals surface area contributed by atoms with Crippen molar-refractivity contribution in [2.24, 2.45) is 16.6 Å².